The van der Waals surface area contributed by atoms with Crippen LogP contribution in [0.15, 0.2) is 42.5 Å². The number of aromatic nitrogens is 2. The van der Waals surface area contributed by atoms with Gasteiger partial charge in [0.2, 0.25) is 0 Å². The minimum Gasteiger partial charge on any atom is -0.341 e. The summed E-state index contributed by atoms with van der Waals surface area (Å²) < 4.78 is 0. The molecule has 3 aromatic rings. The van der Waals surface area contributed by atoms with Gasteiger partial charge < -0.3 is 10.7 Å². The summed E-state index contributed by atoms with van der Waals surface area (Å²) in [5, 5.41) is 8.88. The number of benzene rings is 2. The number of aromatic amines is 1. The van der Waals surface area contributed by atoms with Crippen LogP contribution in [0.4, 0.5) is 0 Å². The van der Waals surface area contributed by atoms with Gasteiger partial charge in [0.05, 0.1) is 28.7 Å². The van der Waals surface area contributed by atoms with E-state index in [0.717, 1.165) is 28.0 Å². The molecular weight excluding hydrogens is 284 g/mol. The maximum Gasteiger partial charge on any atom is 0.124 e. The molecule has 3 N–H and O–H groups in total. The first kappa shape index (κ1) is 15.3. The van der Waals surface area contributed by atoms with E-state index in [0.29, 0.717) is 5.56 Å². The topological polar surface area (TPSA) is 78.5 Å². The van der Waals surface area contributed by atoms with Crippen LogP contribution in [0.3, 0.4) is 0 Å². The van der Waals surface area contributed by atoms with Gasteiger partial charge in [0, 0.05) is 0 Å². The smallest absolute Gasteiger partial charge is 0.124 e. The molecule has 0 spiro atoms. The summed E-state index contributed by atoms with van der Waals surface area (Å²) in [6.45, 7) is 6.31. The minimum absolute atomic E-state index is 0.0518. The Morgan fingerprint density at radius 3 is 2.35 bits per heavy atom. The molecule has 0 aliphatic carbocycles. The lowest BCUT2D eigenvalue weighted by Gasteiger charge is -2.24. The van der Waals surface area contributed by atoms with Crippen LogP contribution in [0.1, 0.15) is 38.2 Å². The van der Waals surface area contributed by atoms with Crippen molar-refractivity contribution >= 4 is 11.0 Å². The summed E-state index contributed by atoms with van der Waals surface area (Å²) in [7, 11) is 0. The molecule has 0 aliphatic rings. The number of hydrogen-bond donors (Lipinski definition) is 2. The molecule has 0 saturated heterocycles. The fraction of sp³-hybridized carbons (Fsp3) is 0.263. The fourth-order valence-electron chi connectivity index (χ4n) is 2.50. The quantitative estimate of drug-likeness (QED) is 0.746. The molecule has 0 radical (unpaired) electrons. The van der Waals surface area contributed by atoms with Crippen LogP contribution >= 0.6 is 0 Å². The molecule has 0 bridgehead atoms. The molecule has 4 nitrogen and oxygen atoms in total. The number of nitrogens with one attached hydrogen (secondary N) is 1. The van der Waals surface area contributed by atoms with E-state index in [2.05, 4.69) is 36.8 Å². The average molecular weight is 304 g/mol. The van der Waals surface area contributed by atoms with Gasteiger partial charge >= 0.3 is 0 Å². The van der Waals surface area contributed by atoms with Crippen molar-refractivity contribution in [3.05, 3.63) is 53.9 Å². The summed E-state index contributed by atoms with van der Waals surface area (Å²) in [6, 6.07) is 15.7. The third kappa shape index (κ3) is 2.96. The highest BCUT2D eigenvalue weighted by Gasteiger charge is 2.25. The van der Waals surface area contributed by atoms with Crippen molar-refractivity contribution in [3.63, 3.8) is 0 Å². The fourth-order valence-corrected chi connectivity index (χ4v) is 2.50. The monoisotopic (exact) mass is 304 g/mol. The van der Waals surface area contributed by atoms with Gasteiger partial charge in [-0.05, 0) is 40.8 Å². The van der Waals surface area contributed by atoms with Gasteiger partial charge in [-0.2, -0.15) is 5.26 Å². The zero-order valence-electron chi connectivity index (χ0n) is 13.6. The molecule has 4 heteroatoms. The molecule has 0 unspecified atom stereocenters. The normalized spacial score (nSPS) is 13.0. The Morgan fingerprint density at radius 1 is 1.09 bits per heavy atom. The Bertz CT molecular complexity index is 876. The van der Waals surface area contributed by atoms with Crippen molar-refractivity contribution < 1.29 is 0 Å². The first-order valence-corrected chi connectivity index (χ1v) is 7.64. The highest BCUT2D eigenvalue weighted by molar-refractivity contribution is 5.82. The van der Waals surface area contributed by atoms with Crippen LogP contribution in [0.5, 0.6) is 0 Å². The first-order valence-electron chi connectivity index (χ1n) is 7.64. The average Bonchev–Trinajstić information content (AvgIpc) is 2.96. The molecule has 23 heavy (non-hydrogen) atoms. The standard InChI is InChI=1S/C19H20N4/c1-19(2,3)17(21)18-22-15-9-8-14(10-16(15)23-18)13-6-4-12(11-20)5-7-13/h4-10,17H,21H2,1-3H3,(H,22,23)/t17-/m1/s1. The van der Waals surface area contributed by atoms with Crippen molar-refractivity contribution in [3.8, 4) is 17.2 Å². The second kappa shape index (κ2) is 5.53. The number of nitrogens with zero attached hydrogens (tertiary/aromatic N) is 2. The van der Waals surface area contributed by atoms with Crippen molar-refractivity contribution in [1.29, 1.82) is 5.26 Å². The van der Waals surface area contributed by atoms with E-state index in [1.165, 1.54) is 0 Å². The predicted molar refractivity (Wildman–Crippen MR) is 92.6 cm³/mol. The predicted octanol–water partition coefficient (Wildman–Crippen LogP) is 4.15. The van der Waals surface area contributed by atoms with Crippen LogP contribution in [0.2, 0.25) is 0 Å². The Balaban J connectivity index is 2.00. The van der Waals surface area contributed by atoms with Crippen LogP contribution in [-0.4, -0.2) is 9.97 Å². The van der Waals surface area contributed by atoms with Gasteiger partial charge in [0.25, 0.3) is 0 Å². The van der Waals surface area contributed by atoms with Gasteiger partial charge in [-0.3, -0.25) is 0 Å². The lowest BCUT2D eigenvalue weighted by atomic mass is 9.87. The van der Waals surface area contributed by atoms with E-state index in [4.69, 9.17) is 11.0 Å². The van der Waals surface area contributed by atoms with Gasteiger partial charge in [0.15, 0.2) is 0 Å². The first-order chi connectivity index (χ1) is 10.9. The van der Waals surface area contributed by atoms with Crippen LogP contribution in [-0.2, 0) is 0 Å². The van der Waals surface area contributed by atoms with Crippen LogP contribution in [0, 0.1) is 16.7 Å². The lowest BCUT2D eigenvalue weighted by Crippen LogP contribution is -2.27. The van der Waals surface area contributed by atoms with E-state index in [1.807, 2.05) is 42.5 Å². The van der Waals surface area contributed by atoms with Crippen molar-refractivity contribution in [2.75, 3.05) is 0 Å². The number of imidazole rings is 1. The van der Waals surface area contributed by atoms with E-state index in [9.17, 15) is 0 Å². The Hall–Kier alpha value is -2.64. The summed E-state index contributed by atoms with van der Waals surface area (Å²) >= 11 is 0. The second-order valence-corrected chi connectivity index (χ2v) is 6.89. The number of fused-ring (bicyclic) bond motifs is 1. The zero-order chi connectivity index (χ0) is 16.6. The lowest BCUT2D eigenvalue weighted by molar-refractivity contribution is 0.317. The maximum atomic E-state index is 8.88. The summed E-state index contributed by atoms with van der Waals surface area (Å²) in [5.74, 6) is 0.810. The van der Waals surface area contributed by atoms with Crippen molar-refractivity contribution in [2.24, 2.45) is 11.1 Å². The minimum atomic E-state index is -0.145. The second-order valence-electron chi connectivity index (χ2n) is 6.89. The molecular formula is C19H20N4. The van der Waals surface area contributed by atoms with Gasteiger partial charge in [-0.1, -0.05) is 39.0 Å². The summed E-state index contributed by atoms with van der Waals surface area (Å²) in [4.78, 5) is 7.99. The van der Waals surface area contributed by atoms with Crippen molar-refractivity contribution in [1.82, 2.24) is 9.97 Å². The summed E-state index contributed by atoms with van der Waals surface area (Å²) in [6.07, 6.45) is 0. The van der Waals surface area contributed by atoms with E-state index >= 15 is 0 Å². The molecule has 0 aliphatic heterocycles. The molecule has 1 aromatic heterocycles. The number of nitriles is 1. The van der Waals surface area contributed by atoms with E-state index in [1.54, 1.807) is 0 Å². The zero-order valence-corrected chi connectivity index (χ0v) is 13.6. The molecule has 3 rings (SSSR count). The van der Waals surface area contributed by atoms with Gasteiger partial charge in [0.1, 0.15) is 5.82 Å². The van der Waals surface area contributed by atoms with E-state index in [-0.39, 0.29) is 11.5 Å². The van der Waals surface area contributed by atoms with E-state index < -0.39 is 0 Å². The molecule has 0 saturated carbocycles. The van der Waals surface area contributed by atoms with Crippen molar-refractivity contribution in [2.45, 2.75) is 26.8 Å². The highest BCUT2D eigenvalue weighted by Crippen LogP contribution is 2.31. The molecule has 0 fully saturated rings. The molecule has 0 amide bonds. The Labute approximate surface area is 136 Å². The molecule has 1 atom stereocenters. The Kier molecular flexibility index (Phi) is 3.67. The van der Waals surface area contributed by atoms with Crippen LogP contribution in [0.25, 0.3) is 22.2 Å². The largest absolute Gasteiger partial charge is 0.341 e. The summed E-state index contributed by atoms with van der Waals surface area (Å²) in [5.41, 5.74) is 10.9. The SMILES string of the molecule is CC(C)(C)[C@H](N)c1nc2cc(-c3ccc(C#N)cc3)ccc2[nH]1. The Morgan fingerprint density at radius 2 is 1.74 bits per heavy atom. The third-order valence-corrected chi connectivity index (χ3v) is 4.08. The van der Waals surface area contributed by atoms with Gasteiger partial charge in [-0.15, -0.1) is 0 Å². The molecule has 116 valence electrons. The van der Waals surface area contributed by atoms with Gasteiger partial charge in [-0.25, -0.2) is 4.98 Å². The number of H-pyrrole nitrogens is 1. The number of nitrogens with two attached hydrogens (primary N) is 1. The number of rotatable bonds is 2. The molecule has 2 aromatic carbocycles. The van der Waals surface area contributed by atoms with Crippen LogP contribution < -0.4 is 5.73 Å². The maximum absolute atomic E-state index is 8.88. The number of hydrogen-bond acceptors (Lipinski definition) is 3. The third-order valence-electron chi connectivity index (χ3n) is 4.08. The highest BCUT2D eigenvalue weighted by atomic mass is 15.0. The molecule has 1 heterocycles.